The molecule has 0 atom stereocenters. The molecule has 1 heterocycles. The molecule has 2 aromatic rings. The average Bonchev–Trinajstić information content (AvgIpc) is 2.97. The van der Waals surface area contributed by atoms with Gasteiger partial charge in [-0.3, -0.25) is 4.79 Å². The van der Waals surface area contributed by atoms with Gasteiger partial charge in [-0.25, -0.2) is 0 Å². The predicted octanol–water partition coefficient (Wildman–Crippen LogP) is 3.13. The number of likely N-dealkylation sites (N-methyl/N-ethyl adjacent to an activating group) is 1. The fourth-order valence-corrected chi connectivity index (χ4v) is 3.44. The molecule has 0 unspecified atom stereocenters. The number of methoxy groups -OCH3 is 1. The van der Waals surface area contributed by atoms with Gasteiger partial charge in [0.2, 0.25) is 5.91 Å². The van der Waals surface area contributed by atoms with Crippen LogP contribution in [0.3, 0.4) is 0 Å². The Morgan fingerprint density at radius 3 is 2.73 bits per heavy atom. The number of para-hydroxylation sites is 1. The summed E-state index contributed by atoms with van der Waals surface area (Å²) in [7, 11) is 3.71. The summed E-state index contributed by atoms with van der Waals surface area (Å²) in [5.74, 6) is 0.200. The number of ether oxygens (including phenoxy) is 1. The third-order valence-corrected chi connectivity index (χ3v) is 4.93. The third kappa shape index (κ3) is 3.02. The first-order chi connectivity index (χ1) is 10.7. The van der Waals surface area contributed by atoms with Crippen LogP contribution in [0.15, 0.2) is 30.5 Å². The van der Waals surface area contributed by atoms with Gasteiger partial charge in [0.15, 0.2) is 0 Å². The van der Waals surface area contributed by atoms with Crippen LogP contribution < -0.4 is 0 Å². The van der Waals surface area contributed by atoms with Crippen LogP contribution in [0.4, 0.5) is 0 Å². The molecule has 1 amide bonds. The van der Waals surface area contributed by atoms with Crippen LogP contribution in [0.1, 0.15) is 31.2 Å². The van der Waals surface area contributed by atoms with Crippen molar-refractivity contribution in [3.63, 3.8) is 0 Å². The number of nitrogens with zero attached hydrogens (tertiary/aromatic N) is 1. The number of carbonyl (C=O) groups excluding carboxylic acids is 1. The summed E-state index contributed by atoms with van der Waals surface area (Å²) in [5, 5.41) is 1.15. The monoisotopic (exact) mass is 300 g/mol. The standard InChI is InChI=1S/C18H24N2O2/c1-20(14-7-9-15(22-2)10-8-14)18(21)11-13-12-19-17-6-4-3-5-16(13)17/h3-6,12,14-15,19H,7-11H2,1-2H3. The van der Waals surface area contributed by atoms with Crippen molar-refractivity contribution in [2.45, 2.75) is 44.2 Å². The Morgan fingerprint density at radius 2 is 2.00 bits per heavy atom. The Balaban J connectivity index is 1.64. The number of amides is 1. The van der Waals surface area contributed by atoms with Gasteiger partial charge in [-0.05, 0) is 37.3 Å². The maximum Gasteiger partial charge on any atom is 0.227 e. The number of aromatic amines is 1. The van der Waals surface area contributed by atoms with Gasteiger partial charge >= 0.3 is 0 Å². The van der Waals surface area contributed by atoms with Crippen LogP contribution in [0.5, 0.6) is 0 Å². The minimum atomic E-state index is 0.200. The number of rotatable bonds is 4. The number of hydrogen-bond acceptors (Lipinski definition) is 2. The van der Waals surface area contributed by atoms with E-state index in [1.165, 1.54) is 0 Å². The van der Waals surface area contributed by atoms with E-state index >= 15 is 0 Å². The summed E-state index contributed by atoms with van der Waals surface area (Å²) in [5.41, 5.74) is 2.17. The second kappa shape index (κ2) is 6.53. The smallest absolute Gasteiger partial charge is 0.227 e. The summed E-state index contributed by atoms with van der Waals surface area (Å²) < 4.78 is 5.41. The number of aromatic nitrogens is 1. The van der Waals surface area contributed by atoms with E-state index < -0.39 is 0 Å². The van der Waals surface area contributed by atoms with E-state index in [1.807, 2.05) is 36.3 Å². The topological polar surface area (TPSA) is 45.3 Å². The van der Waals surface area contributed by atoms with E-state index in [-0.39, 0.29) is 5.91 Å². The molecule has 0 spiro atoms. The molecular formula is C18H24N2O2. The summed E-state index contributed by atoms with van der Waals surface area (Å²) >= 11 is 0. The average molecular weight is 300 g/mol. The molecule has 22 heavy (non-hydrogen) atoms. The first kappa shape index (κ1) is 15.1. The fraction of sp³-hybridized carbons (Fsp3) is 0.500. The molecule has 3 rings (SSSR count). The molecule has 1 fully saturated rings. The van der Waals surface area contributed by atoms with Crippen LogP contribution in [-0.2, 0) is 16.0 Å². The fourth-order valence-electron chi connectivity index (χ4n) is 3.44. The van der Waals surface area contributed by atoms with Gasteiger partial charge in [0.1, 0.15) is 0 Å². The van der Waals surface area contributed by atoms with Crippen molar-refractivity contribution in [1.82, 2.24) is 9.88 Å². The first-order valence-corrected chi connectivity index (χ1v) is 8.02. The largest absolute Gasteiger partial charge is 0.381 e. The Hall–Kier alpha value is -1.81. The van der Waals surface area contributed by atoms with Gasteiger partial charge in [-0.1, -0.05) is 18.2 Å². The minimum Gasteiger partial charge on any atom is -0.381 e. The number of benzene rings is 1. The van der Waals surface area contributed by atoms with Gasteiger partial charge in [0.05, 0.1) is 12.5 Å². The highest BCUT2D eigenvalue weighted by Gasteiger charge is 2.26. The molecule has 1 aliphatic carbocycles. The van der Waals surface area contributed by atoms with Crippen LogP contribution >= 0.6 is 0 Å². The van der Waals surface area contributed by atoms with Crippen molar-refractivity contribution < 1.29 is 9.53 Å². The van der Waals surface area contributed by atoms with Gasteiger partial charge in [0, 0.05) is 37.3 Å². The SMILES string of the molecule is COC1CCC(N(C)C(=O)Cc2c[nH]c3ccccc23)CC1. The number of nitrogens with one attached hydrogen (secondary N) is 1. The molecule has 1 N–H and O–H groups in total. The molecule has 1 aromatic heterocycles. The molecule has 1 aliphatic rings. The van der Waals surface area contributed by atoms with Crippen LogP contribution in [0, 0.1) is 0 Å². The van der Waals surface area contributed by atoms with Crippen molar-refractivity contribution in [2.75, 3.05) is 14.2 Å². The Kier molecular flexibility index (Phi) is 4.48. The van der Waals surface area contributed by atoms with Crippen LogP contribution in [0.25, 0.3) is 10.9 Å². The highest BCUT2D eigenvalue weighted by molar-refractivity contribution is 5.88. The molecule has 0 saturated heterocycles. The number of hydrogen-bond donors (Lipinski definition) is 1. The highest BCUT2D eigenvalue weighted by atomic mass is 16.5. The first-order valence-electron chi connectivity index (χ1n) is 8.02. The van der Waals surface area contributed by atoms with E-state index in [0.29, 0.717) is 18.6 Å². The molecule has 4 nitrogen and oxygen atoms in total. The number of H-pyrrole nitrogens is 1. The summed E-state index contributed by atoms with van der Waals surface area (Å²) in [4.78, 5) is 17.8. The van der Waals surface area contributed by atoms with Crippen molar-refractivity contribution in [1.29, 1.82) is 0 Å². The Morgan fingerprint density at radius 1 is 1.27 bits per heavy atom. The van der Waals surface area contributed by atoms with Gasteiger partial charge in [0.25, 0.3) is 0 Å². The lowest BCUT2D eigenvalue weighted by Gasteiger charge is -2.34. The summed E-state index contributed by atoms with van der Waals surface area (Å²) in [6.45, 7) is 0. The molecule has 0 aliphatic heterocycles. The Bertz CT molecular complexity index is 641. The second-order valence-electron chi connectivity index (χ2n) is 6.21. The predicted molar refractivity (Wildman–Crippen MR) is 87.8 cm³/mol. The zero-order valence-electron chi connectivity index (χ0n) is 13.3. The summed E-state index contributed by atoms with van der Waals surface area (Å²) in [6, 6.07) is 8.48. The minimum absolute atomic E-state index is 0.200. The normalized spacial score (nSPS) is 21.9. The van der Waals surface area contributed by atoms with E-state index in [0.717, 1.165) is 42.1 Å². The van der Waals surface area contributed by atoms with Gasteiger partial charge in [-0.15, -0.1) is 0 Å². The quantitative estimate of drug-likeness (QED) is 0.943. The molecule has 4 heteroatoms. The third-order valence-electron chi connectivity index (χ3n) is 4.93. The molecule has 0 bridgehead atoms. The zero-order valence-corrected chi connectivity index (χ0v) is 13.3. The van der Waals surface area contributed by atoms with Crippen molar-refractivity contribution in [3.05, 3.63) is 36.0 Å². The zero-order chi connectivity index (χ0) is 15.5. The maximum absolute atomic E-state index is 12.6. The van der Waals surface area contributed by atoms with Crippen LogP contribution in [-0.4, -0.2) is 42.1 Å². The Labute approximate surface area is 131 Å². The summed E-state index contributed by atoms with van der Waals surface area (Å²) in [6.07, 6.45) is 6.96. The van der Waals surface area contributed by atoms with Gasteiger partial charge in [-0.2, -0.15) is 0 Å². The van der Waals surface area contributed by atoms with Crippen molar-refractivity contribution >= 4 is 16.8 Å². The van der Waals surface area contributed by atoms with E-state index in [1.54, 1.807) is 7.11 Å². The number of carbonyl (C=O) groups is 1. The molecule has 0 radical (unpaired) electrons. The van der Waals surface area contributed by atoms with Crippen molar-refractivity contribution in [3.8, 4) is 0 Å². The van der Waals surface area contributed by atoms with E-state index in [2.05, 4.69) is 11.1 Å². The maximum atomic E-state index is 12.6. The molecule has 1 aromatic carbocycles. The van der Waals surface area contributed by atoms with Crippen molar-refractivity contribution in [2.24, 2.45) is 0 Å². The van der Waals surface area contributed by atoms with E-state index in [4.69, 9.17) is 4.74 Å². The van der Waals surface area contributed by atoms with Crippen LogP contribution in [0.2, 0.25) is 0 Å². The lowest BCUT2D eigenvalue weighted by atomic mass is 9.92. The number of fused-ring (bicyclic) bond motifs is 1. The van der Waals surface area contributed by atoms with E-state index in [9.17, 15) is 4.79 Å². The molecular weight excluding hydrogens is 276 g/mol. The molecule has 1 saturated carbocycles. The second-order valence-corrected chi connectivity index (χ2v) is 6.21. The molecule has 118 valence electrons. The lowest BCUT2D eigenvalue weighted by molar-refractivity contribution is -0.132. The van der Waals surface area contributed by atoms with Gasteiger partial charge < -0.3 is 14.6 Å². The lowest BCUT2D eigenvalue weighted by Crippen LogP contribution is -2.41. The highest BCUT2D eigenvalue weighted by Crippen LogP contribution is 2.25.